The second kappa shape index (κ2) is 13.3. The van der Waals surface area contributed by atoms with Crippen LogP contribution in [0, 0.1) is 5.41 Å². The number of nitrogens with one attached hydrogen (secondary N) is 3. The molecule has 1 heterocycles. The maximum atomic E-state index is 13.0. The van der Waals surface area contributed by atoms with E-state index in [2.05, 4.69) is 10.6 Å². The lowest BCUT2D eigenvalue weighted by Gasteiger charge is -2.20. The highest BCUT2D eigenvalue weighted by molar-refractivity contribution is 6.14. The van der Waals surface area contributed by atoms with Gasteiger partial charge in [-0.2, -0.15) is 0 Å². The molecule has 0 bridgehead atoms. The Morgan fingerprint density at radius 1 is 0.804 bits per heavy atom. The van der Waals surface area contributed by atoms with Crippen LogP contribution in [-0.4, -0.2) is 52.2 Å². The number of rotatable bonds is 7. The fourth-order valence-electron chi connectivity index (χ4n) is 4.63. The van der Waals surface area contributed by atoms with E-state index in [4.69, 9.17) is 20.6 Å². The Hall–Kier alpha value is -5.45. The van der Waals surface area contributed by atoms with Gasteiger partial charge in [0.15, 0.2) is 0 Å². The van der Waals surface area contributed by atoms with Crippen LogP contribution in [0.15, 0.2) is 72.9 Å². The summed E-state index contributed by atoms with van der Waals surface area (Å²) in [6, 6.07) is 19.4. The Bertz CT molecular complexity index is 1790. The van der Waals surface area contributed by atoms with Crippen LogP contribution >= 0.6 is 0 Å². The summed E-state index contributed by atoms with van der Waals surface area (Å²) in [6.45, 7) is 10.8. The number of amides is 3. The number of hydrogen-bond donors (Lipinski definition) is 4. The zero-order valence-corrected chi connectivity index (χ0v) is 26.8. The van der Waals surface area contributed by atoms with Crippen LogP contribution in [0.5, 0.6) is 0 Å². The largest absolute Gasteiger partial charge is 0.444 e. The summed E-state index contributed by atoms with van der Waals surface area (Å²) < 4.78 is 12.2. The number of carbonyl (C=O) groups excluding carboxylic acids is 4. The lowest BCUT2D eigenvalue weighted by molar-refractivity contribution is 0.0540. The summed E-state index contributed by atoms with van der Waals surface area (Å²) in [7, 11) is 0. The van der Waals surface area contributed by atoms with Crippen molar-refractivity contribution in [1.82, 2.24) is 15.2 Å². The van der Waals surface area contributed by atoms with Crippen LogP contribution < -0.4 is 16.4 Å². The summed E-state index contributed by atoms with van der Waals surface area (Å²) >= 11 is 0. The van der Waals surface area contributed by atoms with Gasteiger partial charge in [-0.3, -0.25) is 24.9 Å². The molecule has 4 aromatic rings. The first-order valence-corrected chi connectivity index (χ1v) is 14.8. The van der Waals surface area contributed by atoms with Crippen LogP contribution in [0.2, 0.25) is 0 Å². The summed E-state index contributed by atoms with van der Waals surface area (Å²) in [5.41, 5.74) is 8.15. The molecule has 240 valence electrons. The Kier molecular flexibility index (Phi) is 9.65. The quantitative estimate of drug-likeness (QED) is 0.145. The number of aromatic nitrogens is 1. The number of benzene rings is 3. The molecule has 11 nitrogen and oxygen atoms in total. The molecule has 0 aliphatic carbocycles. The fraction of sp³-hybridized carbons (Fsp3) is 0.286. The van der Waals surface area contributed by atoms with Crippen molar-refractivity contribution in [3.63, 3.8) is 0 Å². The normalized spacial score (nSPS) is 11.5. The highest BCUT2D eigenvalue weighted by atomic mass is 16.6. The second-order valence-corrected chi connectivity index (χ2v) is 12.8. The molecule has 3 aromatic carbocycles. The topological polar surface area (TPSA) is 166 Å². The Labute approximate surface area is 267 Å². The van der Waals surface area contributed by atoms with E-state index < -0.39 is 29.3 Å². The minimum absolute atomic E-state index is 0.237. The minimum atomic E-state index is -0.788. The van der Waals surface area contributed by atoms with E-state index in [9.17, 15) is 19.2 Å². The summed E-state index contributed by atoms with van der Waals surface area (Å²) in [4.78, 5) is 49.6. The first-order valence-electron chi connectivity index (χ1n) is 14.8. The van der Waals surface area contributed by atoms with Crippen molar-refractivity contribution in [2.75, 3.05) is 6.54 Å². The van der Waals surface area contributed by atoms with Crippen LogP contribution in [0.25, 0.3) is 22.0 Å². The molecule has 0 unspecified atom stereocenters. The van der Waals surface area contributed by atoms with Gasteiger partial charge in [0, 0.05) is 34.8 Å². The molecule has 0 fully saturated rings. The van der Waals surface area contributed by atoms with E-state index in [1.807, 2.05) is 24.3 Å². The molecular weight excluding hydrogens is 586 g/mol. The third-order valence-corrected chi connectivity index (χ3v) is 6.70. The molecule has 0 spiro atoms. The SMILES string of the molecule is CC(C)(C)OC(=O)NC(=N)c1cn(C(=O)OC(C)(C)C)c2ccc(CCNC(=O)c3ccc(-c4ccc(C(N)=O)cc4)cc3)cc12. The van der Waals surface area contributed by atoms with E-state index in [1.165, 1.54) is 10.8 Å². The molecule has 3 amide bonds. The van der Waals surface area contributed by atoms with Gasteiger partial charge in [-0.05, 0) is 101 Å². The number of hydrogen-bond acceptors (Lipinski definition) is 7. The number of carbonyl (C=O) groups is 4. The standard InChI is InChI=1S/C35H39N5O6/c1-34(2,3)45-32(43)39-29(36)27-20-40(33(44)46-35(4,5)6)28-16-7-21(19-26(27)28)17-18-38-31(42)25-14-10-23(11-15-25)22-8-12-24(13-9-22)30(37)41/h7-16,19-20H,17-18H2,1-6H3,(H2,37,41)(H,38,42)(H2,36,39,43). The van der Waals surface area contributed by atoms with Gasteiger partial charge in [-0.25, -0.2) is 9.59 Å². The van der Waals surface area contributed by atoms with Crippen molar-refractivity contribution in [1.29, 1.82) is 5.41 Å². The van der Waals surface area contributed by atoms with E-state index in [0.29, 0.717) is 40.6 Å². The number of nitrogens with zero attached hydrogens (tertiary/aromatic N) is 1. The molecule has 0 saturated heterocycles. The van der Waals surface area contributed by atoms with Crippen molar-refractivity contribution in [3.05, 3.63) is 95.2 Å². The highest BCUT2D eigenvalue weighted by Crippen LogP contribution is 2.25. The molecule has 4 rings (SSSR count). The van der Waals surface area contributed by atoms with E-state index >= 15 is 0 Å². The number of amidine groups is 1. The predicted octanol–water partition coefficient (Wildman–Crippen LogP) is 6.01. The number of nitrogens with two attached hydrogens (primary N) is 1. The molecular formula is C35H39N5O6. The molecule has 1 aromatic heterocycles. The lowest BCUT2D eigenvalue weighted by atomic mass is 10.0. The maximum absolute atomic E-state index is 13.0. The molecule has 0 saturated carbocycles. The molecule has 0 aliphatic heterocycles. The number of ether oxygens (including phenoxy) is 2. The van der Waals surface area contributed by atoms with E-state index in [0.717, 1.165) is 16.7 Å². The van der Waals surface area contributed by atoms with Crippen LogP contribution in [0.1, 0.15) is 73.4 Å². The van der Waals surface area contributed by atoms with Crippen molar-refractivity contribution in [3.8, 4) is 11.1 Å². The molecule has 0 radical (unpaired) electrons. The van der Waals surface area contributed by atoms with Crippen molar-refractivity contribution >= 4 is 40.7 Å². The predicted molar refractivity (Wildman–Crippen MR) is 176 cm³/mol. The van der Waals surface area contributed by atoms with Gasteiger partial charge >= 0.3 is 12.2 Å². The van der Waals surface area contributed by atoms with Gasteiger partial charge in [-0.1, -0.05) is 30.3 Å². The van der Waals surface area contributed by atoms with Crippen molar-refractivity contribution < 1.29 is 28.7 Å². The molecule has 5 N–H and O–H groups in total. The lowest BCUT2D eigenvalue weighted by Crippen LogP contribution is -2.36. The van der Waals surface area contributed by atoms with Crippen LogP contribution in [0.3, 0.4) is 0 Å². The zero-order valence-electron chi connectivity index (χ0n) is 26.8. The first-order chi connectivity index (χ1) is 21.5. The smallest absolute Gasteiger partial charge is 0.419 e. The number of primary amides is 1. The Balaban J connectivity index is 1.48. The molecule has 46 heavy (non-hydrogen) atoms. The summed E-state index contributed by atoms with van der Waals surface area (Å²) in [5.74, 6) is -0.969. The molecule has 11 heteroatoms. The van der Waals surface area contributed by atoms with Crippen molar-refractivity contribution in [2.45, 2.75) is 59.2 Å². The van der Waals surface area contributed by atoms with Gasteiger partial charge in [0.05, 0.1) is 5.52 Å². The Morgan fingerprint density at radius 3 is 1.91 bits per heavy atom. The van der Waals surface area contributed by atoms with E-state index in [-0.39, 0.29) is 11.7 Å². The number of alkyl carbamates (subject to hydrolysis) is 1. The van der Waals surface area contributed by atoms with Gasteiger partial charge in [0.25, 0.3) is 5.91 Å². The first kappa shape index (κ1) is 33.4. The minimum Gasteiger partial charge on any atom is -0.444 e. The van der Waals surface area contributed by atoms with Crippen LogP contribution in [-0.2, 0) is 15.9 Å². The zero-order chi connectivity index (χ0) is 33.8. The fourth-order valence-corrected chi connectivity index (χ4v) is 4.63. The molecule has 0 aliphatic rings. The monoisotopic (exact) mass is 625 g/mol. The summed E-state index contributed by atoms with van der Waals surface area (Å²) in [6.07, 6.45) is 0.515. The second-order valence-electron chi connectivity index (χ2n) is 12.8. The van der Waals surface area contributed by atoms with Gasteiger partial charge < -0.3 is 20.5 Å². The molecule has 0 atom stereocenters. The third-order valence-electron chi connectivity index (χ3n) is 6.70. The third kappa shape index (κ3) is 8.59. The van der Waals surface area contributed by atoms with Gasteiger partial charge in [0.1, 0.15) is 17.0 Å². The van der Waals surface area contributed by atoms with Gasteiger partial charge in [-0.15, -0.1) is 0 Å². The number of fused-ring (bicyclic) bond motifs is 1. The average Bonchev–Trinajstić information content (AvgIpc) is 3.35. The van der Waals surface area contributed by atoms with Gasteiger partial charge in [0.2, 0.25) is 5.91 Å². The highest BCUT2D eigenvalue weighted by Gasteiger charge is 2.24. The van der Waals surface area contributed by atoms with Crippen molar-refractivity contribution in [2.24, 2.45) is 5.73 Å². The summed E-state index contributed by atoms with van der Waals surface area (Å²) in [5, 5.41) is 14.5. The maximum Gasteiger partial charge on any atom is 0.419 e. The van der Waals surface area contributed by atoms with E-state index in [1.54, 1.807) is 84.0 Å². The Morgan fingerprint density at radius 2 is 1.37 bits per heavy atom. The average molecular weight is 626 g/mol. The van der Waals surface area contributed by atoms with Crippen LogP contribution in [0.4, 0.5) is 9.59 Å².